The molecule has 0 saturated carbocycles. The van der Waals surface area contributed by atoms with Gasteiger partial charge in [0.25, 0.3) is 11.5 Å². The molecule has 1 unspecified atom stereocenters. The Morgan fingerprint density at radius 3 is 2.52 bits per heavy atom. The van der Waals surface area contributed by atoms with Crippen molar-refractivity contribution in [1.29, 1.82) is 0 Å². The fraction of sp³-hybridized carbons (Fsp3) is 0.375. The van der Waals surface area contributed by atoms with Gasteiger partial charge in [-0.2, -0.15) is 0 Å². The molecule has 1 aromatic heterocycles. The molecular formula is C32H32BN3O6. The Morgan fingerprint density at radius 2 is 1.79 bits per heavy atom. The predicted molar refractivity (Wildman–Crippen MR) is 158 cm³/mol. The van der Waals surface area contributed by atoms with Crippen molar-refractivity contribution in [2.24, 2.45) is 0 Å². The summed E-state index contributed by atoms with van der Waals surface area (Å²) in [7, 11) is -0.497. The summed E-state index contributed by atoms with van der Waals surface area (Å²) in [5.74, 6) is 5.32. The van der Waals surface area contributed by atoms with Crippen LogP contribution in [0.2, 0.25) is 0 Å². The summed E-state index contributed by atoms with van der Waals surface area (Å²) in [6, 6.07) is 12.3. The number of pyridine rings is 1. The van der Waals surface area contributed by atoms with E-state index in [1.165, 1.54) is 4.90 Å². The summed E-state index contributed by atoms with van der Waals surface area (Å²) in [5, 5.41) is 3.75. The first-order chi connectivity index (χ1) is 19.9. The Hall–Kier alpha value is -4.20. The van der Waals surface area contributed by atoms with Gasteiger partial charge < -0.3 is 18.8 Å². The third-order valence-corrected chi connectivity index (χ3v) is 8.81. The van der Waals surface area contributed by atoms with E-state index in [1.54, 1.807) is 22.9 Å². The number of aromatic nitrogens is 1. The van der Waals surface area contributed by atoms with Gasteiger partial charge in [-0.15, -0.1) is 0 Å². The standard InChI is InChI=1S/C32H32BN3O6/c1-31(2)32(3,4)42-33(41-31)22-11-12-23-21(18-22)15-17-35(29(23)39)16-6-5-8-20-9-7-10-24-25(20)19-36(30(24)40)26-13-14-27(37)34-28(26)38/h7,9-12,15,17-18,26H,6,13-14,16,19H2,1-4H3,(H,34,37,38). The largest absolute Gasteiger partial charge is 0.494 e. The minimum absolute atomic E-state index is 0.0964. The molecule has 3 aliphatic heterocycles. The topological polar surface area (TPSA) is 107 Å². The van der Waals surface area contributed by atoms with E-state index < -0.39 is 30.3 Å². The van der Waals surface area contributed by atoms with Crippen LogP contribution in [0, 0.1) is 11.8 Å². The van der Waals surface area contributed by atoms with Crippen molar-refractivity contribution in [3.63, 3.8) is 0 Å². The average molecular weight is 565 g/mol. The van der Waals surface area contributed by atoms with E-state index in [-0.39, 0.29) is 30.3 Å². The van der Waals surface area contributed by atoms with E-state index in [4.69, 9.17) is 9.31 Å². The number of fused-ring (bicyclic) bond motifs is 2. The van der Waals surface area contributed by atoms with E-state index in [0.29, 0.717) is 30.3 Å². The molecule has 42 heavy (non-hydrogen) atoms. The van der Waals surface area contributed by atoms with Gasteiger partial charge in [0.05, 0.1) is 11.2 Å². The van der Waals surface area contributed by atoms with Gasteiger partial charge in [-0.3, -0.25) is 24.5 Å². The molecule has 3 aliphatic rings. The molecule has 1 N–H and O–H groups in total. The molecule has 0 radical (unpaired) electrons. The van der Waals surface area contributed by atoms with Crippen molar-refractivity contribution in [3.05, 3.63) is 75.7 Å². The number of carbonyl (C=O) groups excluding carboxylic acids is 3. The highest BCUT2D eigenvalue weighted by Gasteiger charge is 2.51. The van der Waals surface area contributed by atoms with Crippen LogP contribution in [-0.4, -0.2) is 51.6 Å². The molecule has 3 amide bonds. The third kappa shape index (κ3) is 4.83. The number of amides is 3. The molecule has 2 fully saturated rings. The molecule has 4 heterocycles. The number of aryl methyl sites for hydroxylation is 1. The molecule has 3 aromatic rings. The van der Waals surface area contributed by atoms with E-state index in [9.17, 15) is 19.2 Å². The number of piperidine rings is 1. The van der Waals surface area contributed by atoms with Gasteiger partial charge in [-0.05, 0) is 74.8 Å². The first-order valence-electron chi connectivity index (χ1n) is 14.2. The minimum Gasteiger partial charge on any atom is -0.399 e. The lowest BCUT2D eigenvalue weighted by molar-refractivity contribution is -0.136. The van der Waals surface area contributed by atoms with Crippen LogP contribution in [0.3, 0.4) is 0 Å². The highest BCUT2D eigenvalue weighted by molar-refractivity contribution is 6.62. The normalized spacial score (nSPS) is 20.9. The van der Waals surface area contributed by atoms with Crippen LogP contribution in [0.5, 0.6) is 0 Å². The molecule has 0 spiro atoms. The van der Waals surface area contributed by atoms with Crippen molar-refractivity contribution < 1.29 is 23.7 Å². The van der Waals surface area contributed by atoms with Crippen LogP contribution in [0.25, 0.3) is 10.8 Å². The van der Waals surface area contributed by atoms with E-state index >= 15 is 0 Å². The number of imide groups is 1. The molecule has 0 bridgehead atoms. The molecule has 1 atom stereocenters. The van der Waals surface area contributed by atoms with Crippen LogP contribution >= 0.6 is 0 Å². The van der Waals surface area contributed by atoms with Gasteiger partial charge in [-0.25, -0.2) is 0 Å². The zero-order chi connectivity index (χ0) is 29.8. The maximum Gasteiger partial charge on any atom is 0.494 e. The Morgan fingerprint density at radius 1 is 1.02 bits per heavy atom. The number of hydrogen-bond acceptors (Lipinski definition) is 6. The molecule has 10 heteroatoms. The minimum atomic E-state index is -0.670. The SMILES string of the molecule is CC1(C)OB(c2ccc3c(=O)n(CCC#Cc4cccc5c4CN(C4CCC(=O)NC4=O)C5=O)ccc3c2)OC1(C)C. The molecule has 214 valence electrons. The summed E-state index contributed by atoms with van der Waals surface area (Å²) in [5.41, 5.74) is 1.91. The van der Waals surface area contributed by atoms with E-state index in [0.717, 1.165) is 22.0 Å². The van der Waals surface area contributed by atoms with Gasteiger partial charge in [0.2, 0.25) is 11.8 Å². The Balaban J connectivity index is 1.15. The van der Waals surface area contributed by atoms with E-state index in [1.807, 2.05) is 58.0 Å². The lowest BCUT2D eigenvalue weighted by Crippen LogP contribution is -2.52. The van der Waals surface area contributed by atoms with Crippen molar-refractivity contribution in [2.75, 3.05) is 0 Å². The summed E-state index contributed by atoms with van der Waals surface area (Å²) < 4.78 is 14.0. The zero-order valence-electron chi connectivity index (χ0n) is 24.2. The van der Waals surface area contributed by atoms with Crippen LogP contribution in [-0.2, 0) is 32.0 Å². The van der Waals surface area contributed by atoms with Crippen LogP contribution < -0.4 is 16.3 Å². The highest BCUT2D eigenvalue weighted by Crippen LogP contribution is 2.36. The summed E-state index contributed by atoms with van der Waals surface area (Å²) in [4.78, 5) is 51.7. The second kappa shape index (κ2) is 10.3. The van der Waals surface area contributed by atoms with Crippen LogP contribution in [0.4, 0.5) is 0 Å². The molecule has 6 rings (SSSR count). The summed E-state index contributed by atoms with van der Waals surface area (Å²) >= 11 is 0. The first-order valence-corrected chi connectivity index (χ1v) is 14.2. The molecule has 2 saturated heterocycles. The number of hydrogen-bond donors (Lipinski definition) is 1. The van der Waals surface area contributed by atoms with Crippen molar-refractivity contribution in [3.8, 4) is 11.8 Å². The average Bonchev–Trinajstić information content (AvgIpc) is 3.39. The number of benzene rings is 2. The van der Waals surface area contributed by atoms with Crippen molar-refractivity contribution in [1.82, 2.24) is 14.8 Å². The maximum atomic E-state index is 13.2. The quantitative estimate of drug-likeness (QED) is 0.296. The second-order valence-electron chi connectivity index (χ2n) is 12.0. The van der Waals surface area contributed by atoms with Crippen LogP contribution in [0.15, 0.2) is 53.5 Å². The van der Waals surface area contributed by atoms with Gasteiger partial charge in [0, 0.05) is 48.6 Å². The fourth-order valence-electron chi connectivity index (χ4n) is 5.65. The zero-order valence-corrected chi connectivity index (χ0v) is 24.2. The van der Waals surface area contributed by atoms with Gasteiger partial charge in [-0.1, -0.05) is 30.0 Å². The van der Waals surface area contributed by atoms with E-state index in [2.05, 4.69) is 17.2 Å². The number of rotatable bonds is 4. The number of nitrogens with one attached hydrogen (secondary N) is 1. The lowest BCUT2D eigenvalue weighted by Gasteiger charge is -2.32. The Bertz CT molecular complexity index is 1750. The Labute approximate surface area is 244 Å². The second-order valence-corrected chi connectivity index (χ2v) is 12.0. The smallest absolute Gasteiger partial charge is 0.399 e. The molecule has 0 aliphatic carbocycles. The third-order valence-electron chi connectivity index (χ3n) is 8.81. The summed E-state index contributed by atoms with van der Waals surface area (Å²) in [6.45, 7) is 8.72. The van der Waals surface area contributed by atoms with Gasteiger partial charge in [0.1, 0.15) is 6.04 Å². The summed E-state index contributed by atoms with van der Waals surface area (Å²) in [6.07, 6.45) is 2.73. The monoisotopic (exact) mass is 565 g/mol. The first kappa shape index (κ1) is 27.9. The fourth-order valence-corrected chi connectivity index (χ4v) is 5.65. The van der Waals surface area contributed by atoms with Crippen molar-refractivity contribution in [2.45, 2.75) is 77.3 Å². The number of carbonyl (C=O) groups is 3. The van der Waals surface area contributed by atoms with Gasteiger partial charge >= 0.3 is 7.12 Å². The van der Waals surface area contributed by atoms with Crippen LogP contribution in [0.1, 0.15) is 68.4 Å². The van der Waals surface area contributed by atoms with Crippen molar-refractivity contribution >= 4 is 41.1 Å². The number of nitrogens with zero attached hydrogens (tertiary/aromatic N) is 2. The molecule has 9 nitrogen and oxygen atoms in total. The lowest BCUT2D eigenvalue weighted by atomic mass is 9.78. The highest BCUT2D eigenvalue weighted by atomic mass is 16.7. The predicted octanol–water partition coefficient (Wildman–Crippen LogP) is 2.50. The van der Waals surface area contributed by atoms with Gasteiger partial charge in [0.15, 0.2) is 0 Å². The molecular weight excluding hydrogens is 533 g/mol. The Kier molecular flexibility index (Phi) is 6.83. The maximum absolute atomic E-state index is 13.2. The molecule has 2 aromatic carbocycles.